The van der Waals surface area contributed by atoms with Gasteiger partial charge in [0.15, 0.2) is 0 Å². The quantitative estimate of drug-likeness (QED) is 0.761. The van der Waals surface area contributed by atoms with E-state index in [0.29, 0.717) is 0 Å². The van der Waals surface area contributed by atoms with Crippen molar-refractivity contribution in [3.63, 3.8) is 0 Å². The Labute approximate surface area is 133 Å². The molecule has 0 saturated carbocycles. The number of ether oxygens (including phenoxy) is 1. The van der Waals surface area contributed by atoms with Gasteiger partial charge in [0.1, 0.15) is 6.10 Å². The maximum atomic E-state index is 5.80. The maximum Gasteiger partial charge on any atom is 0.102 e. The van der Waals surface area contributed by atoms with Crippen LogP contribution in [0.2, 0.25) is 0 Å². The molecule has 0 spiro atoms. The fraction of sp³-hybridized carbons (Fsp3) is 0.375. The van der Waals surface area contributed by atoms with Gasteiger partial charge in [-0.15, -0.1) is 11.3 Å². The van der Waals surface area contributed by atoms with Crippen LogP contribution < -0.4 is 5.32 Å². The van der Waals surface area contributed by atoms with Gasteiger partial charge in [-0.05, 0) is 45.9 Å². The summed E-state index contributed by atoms with van der Waals surface area (Å²) in [6, 6.07) is 12.6. The van der Waals surface area contributed by atoms with Crippen LogP contribution in [0.4, 0.5) is 0 Å². The lowest BCUT2D eigenvalue weighted by Crippen LogP contribution is -2.28. The van der Waals surface area contributed by atoms with Gasteiger partial charge in [-0.3, -0.25) is 0 Å². The van der Waals surface area contributed by atoms with Gasteiger partial charge in [-0.2, -0.15) is 0 Å². The monoisotopic (exact) mass is 353 g/mol. The molecule has 0 aliphatic rings. The molecule has 0 radical (unpaired) electrons. The molecule has 1 aromatic carbocycles. The van der Waals surface area contributed by atoms with Gasteiger partial charge in [0.25, 0.3) is 0 Å². The smallest absolute Gasteiger partial charge is 0.102 e. The molecule has 108 valence electrons. The minimum absolute atomic E-state index is 0.0118. The molecular formula is C16H20BrNOS. The van der Waals surface area contributed by atoms with E-state index in [4.69, 9.17) is 4.74 Å². The van der Waals surface area contributed by atoms with Crippen LogP contribution in [0.15, 0.2) is 46.3 Å². The molecule has 2 atom stereocenters. The van der Waals surface area contributed by atoms with E-state index >= 15 is 0 Å². The van der Waals surface area contributed by atoms with Crippen LogP contribution in [0.3, 0.4) is 0 Å². The van der Waals surface area contributed by atoms with Crippen molar-refractivity contribution >= 4 is 27.3 Å². The summed E-state index contributed by atoms with van der Waals surface area (Å²) >= 11 is 5.40. The summed E-state index contributed by atoms with van der Waals surface area (Å²) in [7, 11) is 1.78. The molecule has 1 aromatic heterocycles. The van der Waals surface area contributed by atoms with Gasteiger partial charge in [-0.25, -0.2) is 0 Å². The van der Waals surface area contributed by atoms with Crippen LogP contribution in [0.25, 0.3) is 0 Å². The van der Waals surface area contributed by atoms with Gasteiger partial charge in [-0.1, -0.05) is 37.3 Å². The van der Waals surface area contributed by atoms with Crippen LogP contribution >= 0.6 is 27.3 Å². The van der Waals surface area contributed by atoms with Crippen LogP contribution in [0, 0.1) is 0 Å². The Kier molecular flexibility index (Phi) is 6.23. The zero-order valence-electron chi connectivity index (χ0n) is 11.8. The molecule has 0 bridgehead atoms. The summed E-state index contributed by atoms with van der Waals surface area (Å²) < 4.78 is 6.94. The zero-order valence-corrected chi connectivity index (χ0v) is 14.2. The average Bonchev–Trinajstić information content (AvgIpc) is 2.90. The Morgan fingerprint density at radius 1 is 1.25 bits per heavy atom. The molecule has 0 saturated heterocycles. The van der Waals surface area contributed by atoms with Gasteiger partial charge in [0.2, 0.25) is 0 Å². The highest BCUT2D eigenvalue weighted by Gasteiger charge is 2.26. The summed E-state index contributed by atoms with van der Waals surface area (Å²) in [5.41, 5.74) is 1.20. The van der Waals surface area contributed by atoms with E-state index in [-0.39, 0.29) is 12.1 Å². The number of hydrogen-bond acceptors (Lipinski definition) is 3. The van der Waals surface area contributed by atoms with E-state index in [1.165, 1.54) is 10.4 Å². The SMILES string of the molecule is CCCNC(c1sccc1Br)C(OC)c1ccccc1. The van der Waals surface area contributed by atoms with Crippen molar-refractivity contribution < 1.29 is 4.74 Å². The van der Waals surface area contributed by atoms with Crippen LogP contribution in [0.1, 0.15) is 35.9 Å². The van der Waals surface area contributed by atoms with Crippen molar-refractivity contribution in [3.05, 3.63) is 56.7 Å². The minimum Gasteiger partial charge on any atom is -0.375 e. The third-order valence-electron chi connectivity index (χ3n) is 3.23. The summed E-state index contributed by atoms with van der Waals surface area (Å²) in [5, 5.41) is 5.73. The fourth-order valence-corrected chi connectivity index (χ4v) is 3.99. The van der Waals surface area contributed by atoms with Gasteiger partial charge >= 0.3 is 0 Å². The third kappa shape index (κ3) is 3.70. The molecule has 2 nitrogen and oxygen atoms in total. The highest BCUT2D eigenvalue weighted by atomic mass is 79.9. The number of nitrogens with one attached hydrogen (secondary N) is 1. The molecule has 0 fully saturated rings. The Morgan fingerprint density at radius 2 is 2.00 bits per heavy atom. The Hall–Kier alpha value is -0.680. The third-order valence-corrected chi connectivity index (χ3v) is 5.18. The molecule has 2 aromatic rings. The number of halogens is 1. The number of rotatable bonds is 7. The lowest BCUT2D eigenvalue weighted by molar-refractivity contribution is 0.0685. The van der Waals surface area contributed by atoms with Crippen molar-refractivity contribution in [2.45, 2.75) is 25.5 Å². The lowest BCUT2D eigenvalue weighted by Gasteiger charge is -2.27. The summed E-state index contributed by atoms with van der Waals surface area (Å²) in [6.45, 7) is 3.15. The number of thiophene rings is 1. The molecular weight excluding hydrogens is 334 g/mol. The largest absolute Gasteiger partial charge is 0.375 e. The molecule has 1 N–H and O–H groups in total. The first-order valence-corrected chi connectivity index (χ1v) is 8.49. The first-order chi connectivity index (χ1) is 9.77. The average molecular weight is 354 g/mol. The molecule has 0 amide bonds. The predicted octanol–water partition coefficient (Wildman–Crippen LogP) is 4.94. The second kappa shape index (κ2) is 7.93. The molecule has 1 heterocycles. The number of hydrogen-bond donors (Lipinski definition) is 1. The first-order valence-electron chi connectivity index (χ1n) is 6.82. The second-order valence-electron chi connectivity index (χ2n) is 4.63. The van der Waals surface area contributed by atoms with E-state index in [1.807, 2.05) is 6.07 Å². The first kappa shape index (κ1) is 15.7. The van der Waals surface area contributed by atoms with Crippen LogP contribution in [-0.4, -0.2) is 13.7 Å². The van der Waals surface area contributed by atoms with Gasteiger partial charge in [0, 0.05) is 16.5 Å². The van der Waals surface area contributed by atoms with E-state index in [1.54, 1.807) is 18.4 Å². The van der Waals surface area contributed by atoms with E-state index < -0.39 is 0 Å². The topological polar surface area (TPSA) is 21.3 Å². The van der Waals surface area contributed by atoms with Crippen molar-refractivity contribution in [2.24, 2.45) is 0 Å². The van der Waals surface area contributed by atoms with Crippen molar-refractivity contribution in [2.75, 3.05) is 13.7 Å². The maximum absolute atomic E-state index is 5.80. The van der Waals surface area contributed by atoms with E-state index in [9.17, 15) is 0 Å². The molecule has 20 heavy (non-hydrogen) atoms. The van der Waals surface area contributed by atoms with Crippen LogP contribution in [-0.2, 0) is 4.74 Å². The Bertz CT molecular complexity index is 514. The molecule has 2 unspecified atom stereocenters. The number of benzene rings is 1. The van der Waals surface area contributed by atoms with Crippen molar-refractivity contribution in [1.82, 2.24) is 5.32 Å². The fourth-order valence-electron chi connectivity index (χ4n) is 2.27. The number of methoxy groups -OCH3 is 1. The predicted molar refractivity (Wildman–Crippen MR) is 89.2 cm³/mol. The standard InChI is InChI=1S/C16H20BrNOS/c1-3-10-18-14(16-13(17)9-11-20-16)15(19-2)12-7-5-4-6-8-12/h4-9,11,14-15,18H,3,10H2,1-2H3. The van der Waals surface area contributed by atoms with Crippen molar-refractivity contribution in [1.29, 1.82) is 0 Å². The Balaban J connectivity index is 2.31. The molecule has 0 aliphatic heterocycles. The summed E-state index contributed by atoms with van der Waals surface area (Å²) in [4.78, 5) is 1.29. The zero-order chi connectivity index (χ0) is 14.4. The Morgan fingerprint density at radius 3 is 2.55 bits per heavy atom. The van der Waals surface area contributed by atoms with Gasteiger partial charge in [0.05, 0.1) is 6.04 Å². The highest BCUT2D eigenvalue weighted by molar-refractivity contribution is 9.10. The second-order valence-corrected chi connectivity index (χ2v) is 6.43. The minimum atomic E-state index is 0.0118. The van der Waals surface area contributed by atoms with Gasteiger partial charge < -0.3 is 10.1 Å². The summed E-state index contributed by atoms with van der Waals surface area (Å²) in [6.07, 6.45) is 1.11. The van der Waals surface area contributed by atoms with E-state index in [2.05, 4.69) is 63.9 Å². The molecule has 2 rings (SSSR count). The normalized spacial score (nSPS) is 14.2. The van der Waals surface area contributed by atoms with Crippen LogP contribution in [0.5, 0.6) is 0 Å². The molecule has 4 heteroatoms. The molecule has 0 aliphatic carbocycles. The highest BCUT2D eigenvalue weighted by Crippen LogP contribution is 2.38. The summed E-state index contributed by atoms with van der Waals surface area (Å²) in [5.74, 6) is 0. The van der Waals surface area contributed by atoms with E-state index in [0.717, 1.165) is 17.4 Å². The van der Waals surface area contributed by atoms with Crippen molar-refractivity contribution in [3.8, 4) is 0 Å². The lowest BCUT2D eigenvalue weighted by atomic mass is 10.0.